The Kier molecular flexibility index (Phi) is 4.81. The fraction of sp³-hybridized carbons (Fsp3) is 0.286. The van der Waals surface area contributed by atoms with Gasteiger partial charge in [0.2, 0.25) is 0 Å². The summed E-state index contributed by atoms with van der Waals surface area (Å²) >= 11 is 1.43. The van der Waals surface area contributed by atoms with Crippen LogP contribution in [0.3, 0.4) is 0 Å². The number of benzene rings is 1. The van der Waals surface area contributed by atoms with Crippen LogP contribution in [0.5, 0.6) is 0 Å². The maximum Gasteiger partial charge on any atom is 0.277 e. The highest BCUT2D eigenvalue weighted by Gasteiger charge is 2.18. The van der Waals surface area contributed by atoms with E-state index < -0.39 is 0 Å². The molecule has 0 fully saturated rings. The lowest BCUT2D eigenvalue weighted by molar-refractivity contribution is 0.0984. The number of carbonyl (C=O) groups is 1. The molecule has 0 unspecified atom stereocenters. The van der Waals surface area contributed by atoms with Crippen molar-refractivity contribution in [2.75, 3.05) is 18.0 Å². The molecule has 6 heteroatoms. The lowest BCUT2D eigenvalue weighted by Gasteiger charge is -2.19. The number of thiazole rings is 1. The number of nitrogens with two attached hydrogens (primary N) is 1. The third kappa shape index (κ3) is 3.20. The molecule has 0 spiro atoms. The first-order valence-corrected chi connectivity index (χ1v) is 7.25. The van der Waals surface area contributed by atoms with Crippen molar-refractivity contribution >= 4 is 22.9 Å². The number of rotatable bonds is 5. The molecule has 0 atom stereocenters. The van der Waals surface area contributed by atoms with Gasteiger partial charge in [-0.25, -0.2) is 9.37 Å². The molecule has 0 aliphatic carbocycles. The zero-order chi connectivity index (χ0) is 14.5. The van der Waals surface area contributed by atoms with Crippen LogP contribution in [0.2, 0.25) is 0 Å². The molecule has 4 nitrogen and oxygen atoms in total. The third-order valence-corrected chi connectivity index (χ3v) is 3.74. The predicted molar refractivity (Wildman–Crippen MR) is 78.6 cm³/mol. The molecule has 0 aliphatic rings. The highest BCUT2D eigenvalue weighted by molar-refractivity contribution is 7.09. The fourth-order valence-electron chi connectivity index (χ4n) is 1.85. The highest BCUT2D eigenvalue weighted by Crippen LogP contribution is 2.19. The van der Waals surface area contributed by atoms with Crippen LogP contribution in [0.4, 0.5) is 10.1 Å². The van der Waals surface area contributed by atoms with E-state index in [2.05, 4.69) is 4.98 Å². The SMILES string of the molecule is CCN(C(=O)c1csc(CCN)n1)c1ccc(F)cc1. The van der Waals surface area contributed by atoms with Crippen molar-refractivity contribution in [3.63, 3.8) is 0 Å². The molecule has 0 saturated heterocycles. The smallest absolute Gasteiger partial charge is 0.277 e. The van der Waals surface area contributed by atoms with Crippen LogP contribution in [0.25, 0.3) is 0 Å². The summed E-state index contributed by atoms with van der Waals surface area (Å²) in [5.41, 5.74) is 6.54. The monoisotopic (exact) mass is 293 g/mol. The second-order valence-corrected chi connectivity index (χ2v) is 5.13. The van der Waals surface area contributed by atoms with E-state index in [0.717, 1.165) is 5.01 Å². The lowest BCUT2D eigenvalue weighted by Crippen LogP contribution is -2.30. The van der Waals surface area contributed by atoms with Gasteiger partial charge < -0.3 is 10.6 Å². The second kappa shape index (κ2) is 6.58. The van der Waals surface area contributed by atoms with Crippen molar-refractivity contribution in [1.82, 2.24) is 4.98 Å². The number of carbonyl (C=O) groups excluding carboxylic acids is 1. The standard InChI is InChI=1S/C14H16FN3OS/c1-2-18(11-5-3-10(15)4-6-11)14(19)12-9-20-13(17-12)7-8-16/h3-6,9H,2,7-8,16H2,1H3. The Bertz CT molecular complexity index is 582. The van der Waals surface area contributed by atoms with Crippen LogP contribution >= 0.6 is 11.3 Å². The summed E-state index contributed by atoms with van der Waals surface area (Å²) < 4.78 is 12.9. The molecule has 1 heterocycles. The van der Waals surface area contributed by atoms with E-state index >= 15 is 0 Å². The van der Waals surface area contributed by atoms with Crippen molar-refractivity contribution in [3.05, 3.63) is 46.2 Å². The molecule has 1 amide bonds. The molecular formula is C14H16FN3OS. The molecule has 2 rings (SSSR count). The van der Waals surface area contributed by atoms with Gasteiger partial charge in [0.1, 0.15) is 11.5 Å². The molecule has 2 N–H and O–H groups in total. The summed E-state index contributed by atoms with van der Waals surface area (Å²) in [5.74, 6) is -0.505. The summed E-state index contributed by atoms with van der Waals surface area (Å²) in [4.78, 5) is 18.3. The first-order valence-electron chi connectivity index (χ1n) is 6.37. The molecule has 106 valence electrons. The Morgan fingerprint density at radius 3 is 2.70 bits per heavy atom. The van der Waals surface area contributed by atoms with Gasteiger partial charge in [-0.1, -0.05) is 0 Å². The largest absolute Gasteiger partial charge is 0.330 e. The van der Waals surface area contributed by atoms with E-state index in [0.29, 0.717) is 30.9 Å². The highest BCUT2D eigenvalue weighted by atomic mass is 32.1. The first-order chi connectivity index (χ1) is 9.65. The summed E-state index contributed by atoms with van der Waals surface area (Å²) in [5, 5.41) is 2.59. The van der Waals surface area contributed by atoms with Crippen molar-refractivity contribution in [3.8, 4) is 0 Å². The van der Waals surface area contributed by atoms with Gasteiger partial charge in [-0.2, -0.15) is 0 Å². The zero-order valence-corrected chi connectivity index (χ0v) is 12.0. The summed E-state index contributed by atoms with van der Waals surface area (Å²) in [7, 11) is 0. The van der Waals surface area contributed by atoms with Crippen LogP contribution < -0.4 is 10.6 Å². The minimum atomic E-state index is -0.323. The Labute approximate surface area is 121 Å². The summed E-state index contributed by atoms with van der Waals surface area (Å²) in [6, 6.07) is 5.85. The number of hydrogen-bond acceptors (Lipinski definition) is 4. The van der Waals surface area contributed by atoms with E-state index in [-0.39, 0.29) is 11.7 Å². The van der Waals surface area contributed by atoms with E-state index in [4.69, 9.17) is 5.73 Å². The number of amides is 1. The molecule has 0 radical (unpaired) electrons. The molecule has 20 heavy (non-hydrogen) atoms. The van der Waals surface area contributed by atoms with Gasteiger partial charge in [-0.05, 0) is 37.7 Å². The van der Waals surface area contributed by atoms with Gasteiger partial charge in [-0.15, -0.1) is 11.3 Å². The number of halogens is 1. The van der Waals surface area contributed by atoms with Gasteiger partial charge in [0.25, 0.3) is 5.91 Å². The van der Waals surface area contributed by atoms with Gasteiger partial charge in [-0.3, -0.25) is 4.79 Å². The Morgan fingerprint density at radius 1 is 1.40 bits per heavy atom. The molecular weight excluding hydrogens is 277 g/mol. The van der Waals surface area contributed by atoms with Crippen molar-refractivity contribution < 1.29 is 9.18 Å². The molecule has 0 saturated carbocycles. The van der Waals surface area contributed by atoms with Crippen LogP contribution in [0.15, 0.2) is 29.6 Å². The number of hydrogen-bond donors (Lipinski definition) is 1. The second-order valence-electron chi connectivity index (χ2n) is 4.19. The summed E-state index contributed by atoms with van der Waals surface area (Å²) in [6.07, 6.45) is 0.667. The van der Waals surface area contributed by atoms with Crippen LogP contribution in [-0.2, 0) is 6.42 Å². The molecule has 2 aromatic rings. The average molecular weight is 293 g/mol. The molecule has 1 aromatic carbocycles. The third-order valence-electron chi connectivity index (χ3n) is 2.83. The topological polar surface area (TPSA) is 59.2 Å². The predicted octanol–water partition coefficient (Wildman–Crippen LogP) is 2.45. The van der Waals surface area contributed by atoms with Gasteiger partial charge in [0, 0.05) is 24.0 Å². The Balaban J connectivity index is 2.21. The van der Waals surface area contributed by atoms with E-state index in [9.17, 15) is 9.18 Å². The van der Waals surface area contributed by atoms with Crippen molar-refractivity contribution in [1.29, 1.82) is 0 Å². The molecule has 1 aromatic heterocycles. The van der Waals surface area contributed by atoms with Gasteiger partial charge in [0.05, 0.1) is 5.01 Å². The number of anilines is 1. The average Bonchev–Trinajstić information content (AvgIpc) is 2.90. The first kappa shape index (κ1) is 14.6. The Morgan fingerprint density at radius 2 is 2.10 bits per heavy atom. The maximum absolute atomic E-state index is 12.9. The lowest BCUT2D eigenvalue weighted by atomic mass is 10.2. The van der Waals surface area contributed by atoms with E-state index in [1.807, 2.05) is 6.92 Å². The van der Waals surface area contributed by atoms with Crippen LogP contribution in [-0.4, -0.2) is 24.0 Å². The number of aromatic nitrogens is 1. The quantitative estimate of drug-likeness (QED) is 0.921. The van der Waals surface area contributed by atoms with Crippen molar-refractivity contribution in [2.24, 2.45) is 5.73 Å². The van der Waals surface area contributed by atoms with Crippen LogP contribution in [0, 0.1) is 5.82 Å². The molecule has 0 aliphatic heterocycles. The normalized spacial score (nSPS) is 10.6. The minimum absolute atomic E-state index is 0.182. The number of nitrogens with zero attached hydrogens (tertiary/aromatic N) is 2. The van der Waals surface area contributed by atoms with Crippen LogP contribution in [0.1, 0.15) is 22.4 Å². The zero-order valence-electron chi connectivity index (χ0n) is 11.2. The fourth-order valence-corrected chi connectivity index (χ4v) is 2.64. The van der Waals surface area contributed by atoms with E-state index in [1.54, 1.807) is 22.4 Å². The summed E-state index contributed by atoms with van der Waals surface area (Å²) in [6.45, 7) is 2.87. The van der Waals surface area contributed by atoms with Crippen molar-refractivity contribution in [2.45, 2.75) is 13.3 Å². The van der Waals surface area contributed by atoms with Gasteiger partial charge >= 0.3 is 0 Å². The molecule has 0 bridgehead atoms. The Hall–Kier alpha value is -1.79. The van der Waals surface area contributed by atoms with E-state index in [1.165, 1.54) is 23.5 Å². The minimum Gasteiger partial charge on any atom is -0.330 e. The van der Waals surface area contributed by atoms with Gasteiger partial charge in [0.15, 0.2) is 0 Å². The maximum atomic E-state index is 12.9.